The summed E-state index contributed by atoms with van der Waals surface area (Å²) < 4.78 is 0. The Hall–Kier alpha value is 0.122. The van der Waals surface area contributed by atoms with Crippen LogP contribution in [0.3, 0.4) is 0 Å². The van der Waals surface area contributed by atoms with Crippen LogP contribution in [0.15, 0.2) is 16.0 Å². The van der Waals surface area contributed by atoms with Gasteiger partial charge in [-0.1, -0.05) is 0 Å². The molecule has 0 aliphatic carbocycles. The molecule has 0 aliphatic heterocycles. The zero-order chi connectivity index (χ0) is 8.12. The molecule has 0 saturated heterocycles. The van der Waals surface area contributed by atoms with Crippen molar-refractivity contribution in [2.75, 3.05) is 0 Å². The van der Waals surface area contributed by atoms with Crippen LogP contribution in [0.5, 0.6) is 0 Å². The topological polar surface area (TPSA) is 157 Å². The molecule has 0 spiro atoms. The van der Waals surface area contributed by atoms with Gasteiger partial charge in [0.15, 0.2) is 0 Å². The maximum Gasteiger partial charge on any atom is 2.00 e. The minimum Gasteiger partial charge on any atom is -0.444 e. The van der Waals surface area contributed by atoms with E-state index < -0.39 is 0 Å². The molecule has 0 saturated carbocycles. The maximum absolute atomic E-state index is 8.00. The number of hydrogen-bond donors (Lipinski definition) is 0. The van der Waals surface area contributed by atoms with Crippen molar-refractivity contribution in [3.63, 3.8) is 0 Å². The molecule has 0 aromatic heterocycles. The Balaban J connectivity index is -0.0000000150. The van der Waals surface area contributed by atoms with Crippen LogP contribution in [-0.2, 0) is 0 Å². The average molecular weight is 368 g/mol. The first-order chi connectivity index (χ1) is 4.24. The monoisotopic (exact) mass is 369 g/mol. The Kier molecular flexibility index (Phi) is 239. The van der Waals surface area contributed by atoms with Crippen molar-refractivity contribution < 1.29 is 29.6 Å². The molecule has 0 rings (SSSR count). The van der Waals surface area contributed by atoms with Gasteiger partial charge < -0.3 is 30.3 Å². The zero-order valence-electron chi connectivity index (χ0n) is 5.29. The molecule has 0 atom stereocenters. The summed E-state index contributed by atoms with van der Waals surface area (Å²) in [5, 5.41) is 27.0. The standard InChI is InChI=1S/3HNO2.Na.Pb/c3*2-1-3;;/h3*(H,2,3);;/q;;;+1;+2/p-3. The van der Waals surface area contributed by atoms with Crippen molar-refractivity contribution in [3.05, 3.63) is 30.3 Å². The summed E-state index contributed by atoms with van der Waals surface area (Å²) in [6.07, 6.45) is 0. The minimum atomic E-state index is 0. The van der Waals surface area contributed by atoms with Crippen LogP contribution in [0.25, 0.3) is 0 Å². The first kappa shape index (κ1) is 30.4. The second kappa shape index (κ2) is 86.4. The van der Waals surface area contributed by atoms with Gasteiger partial charge in [0.1, 0.15) is 0 Å². The third-order valence-corrected chi connectivity index (χ3v) is 0. The van der Waals surface area contributed by atoms with E-state index in [-0.39, 0.29) is 56.9 Å². The van der Waals surface area contributed by atoms with Crippen molar-refractivity contribution >= 4 is 27.3 Å². The fourth-order valence-corrected chi connectivity index (χ4v) is 0. The normalized spacial score (nSPS) is 3.27. The van der Waals surface area contributed by atoms with Crippen LogP contribution in [0, 0.1) is 30.3 Å². The molecule has 0 aromatic carbocycles. The molecule has 2 radical (unpaired) electrons. The van der Waals surface area contributed by atoms with E-state index in [1.54, 1.807) is 0 Å². The van der Waals surface area contributed by atoms with E-state index in [0.717, 1.165) is 16.0 Å². The molecule has 0 amide bonds. The summed E-state index contributed by atoms with van der Waals surface area (Å²) in [4.78, 5) is 24.0. The Labute approximate surface area is 102 Å². The molecule has 0 N–H and O–H groups in total. The van der Waals surface area contributed by atoms with Gasteiger partial charge in [0, 0.05) is 0 Å². The molecule has 11 heavy (non-hydrogen) atoms. The van der Waals surface area contributed by atoms with Gasteiger partial charge in [-0.3, -0.25) is 0 Å². The molecule has 11 heteroatoms. The van der Waals surface area contributed by atoms with E-state index in [4.69, 9.17) is 30.3 Å². The zero-order valence-corrected chi connectivity index (χ0v) is 11.2. The van der Waals surface area contributed by atoms with Crippen molar-refractivity contribution in [2.45, 2.75) is 0 Å². The molecule has 0 aromatic rings. The van der Waals surface area contributed by atoms with Gasteiger partial charge in [-0.25, -0.2) is 0 Å². The molecule has 0 unspecified atom stereocenters. The summed E-state index contributed by atoms with van der Waals surface area (Å²) in [7, 11) is 0. The van der Waals surface area contributed by atoms with E-state index in [9.17, 15) is 0 Å². The summed E-state index contributed by atoms with van der Waals surface area (Å²) >= 11 is 0. The fourth-order valence-electron chi connectivity index (χ4n) is 0. The van der Waals surface area contributed by atoms with Crippen molar-refractivity contribution in [3.8, 4) is 0 Å². The molecular weight excluding hydrogens is 368 g/mol. The smallest absolute Gasteiger partial charge is 0.444 e. The van der Waals surface area contributed by atoms with Crippen LogP contribution >= 0.6 is 0 Å². The Morgan fingerprint density at radius 3 is 0.727 bits per heavy atom. The van der Waals surface area contributed by atoms with Gasteiger partial charge in [0.05, 0.1) is 0 Å². The minimum absolute atomic E-state index is 0. The third kappa shape index (κ3) is 44800. The van der Waals surface area contributed by atoms with E-state index in [0.29, 0.717) is 0 Å². The van der Waals surface area contributed by atoms with Crippen LogP contribution in [0.2, 0.25) is 0 Å². The predicted octanol–water partition coefficient (Wildman–Crippen LogP) is -2.62. The Morgan fingerprint density at radius 2 is 0.727 bits per heavy atom. The summed E-state index contributed by atoms with van der Waals surface area (Å²) in [6.45, 7) is 0. The van der Waals surface area contributed by atoms with Crippen molar-refractivity contribution in [2.24, 2.45) is 16.0 Å². The van der Waals surface area contributed by atoms with Gasteiger partial charge in [0.25, 0.3) is 0 Å². The molecule has 9 nitrogen and oxygen atoms in total. The summed E-state index contributed by atoms with van der Waals surface area (Å²) in [5.41, 5.74) is 0. The van der Waals surface area contributed by atoms with Crippen LogP contribution < -0.4 is 29.6 Å². The largest absolute Gasteiger partial charge is 2.00 e. The first-order valence-electron chi connectivity index (χ1n) is 1.10. The molecule has 0 aliphatic rings. The third-order valence-electron chi connectivity index (χ3n) is 0. The second-order valence-electron chi connectivity index (χ2n) is 0.224. The Bertz CT molecular complexity index is 54.6. The number of nitrogens with zero attached hydrogens (tertiary/aromatic N) is 3. The fraction of sp³-hybridized carbons (Fsp3) is 0. The predicted molar refractivity (Wildman–Crippen MR) is 33.2 cm³/mol. The number of rotatable bonds is 0. The van der Waals surface area contributed by atoms with Crippen LogP contribution in [0.4, 0.5) is 0 Å². The van der Waals surface area contributed by atoms with E-state index in [1.165, 1.54) is 0 Å². The van der Waals surface area contributed by atoms with Gasteiger partial charge in [-0.15, -0.1) is 16.0 Å². The van der Waals surface area contributed by atoms with E-state index in [1.807, 2.05) is 0 Å². The van der Waals surface area contributed by atoms with Gasteiger partial charge in [-0.05, 0) is 0 Å². The van der Waals surface area contributed by atoms with Crippen molar-refractivity contribution in [1.82, 2.24) is 0 Å². The van der Waals surface area contributed by atoms with Gasteiger partial charge in [0.2, 0.25) is 0 Å². The van der Waals surface area contributed by atoms with Gasteiger partial charge >= 0.3 is 56.9 Å². The first-order valence-corrected chi connectivity index (χ1v) is 1.10. The summed E-state index contributed by atoms with van der Waals surface area (Å²) in [6, 6.07) is 0. The van der Waals surface area contributed by atoms with Crippen molar-refractivity contribution in [1.29, 1.82) is 0 Å². The SMILES string of the molecule is O=N[O-].O=N[O-].O=N[O-].[Na+].[Pb+2]. The average Bonchev–Trinajstić information content (AvgIpc) is 1.70. The second-order valence-corrected chi connectivity index (χ2v) is 0.224. The number of hydrogen-bond acceptors (Lipinski definition) is 9. The molecule has 0 bridgehead atoms. The quantitative estimate of drug-likeness (QED) is 0.259. The van der Waals surface area contributed by atoms with E-state index in [2.05, 4.69) is 0 Å². The van der Waals surface area contributed by atoms with E-state index >= 15 is 0 Å². The maximum atomic E-state index is 8.00. The van der Waals surface area contributed by atoms with Crippen LogP contribution in [0.1, 0.15) is 0 Å². The molecule has 0 heterocycles. The summed E-state index contributed by atoms with van der Waals surface area (Å²) in [5.74, 6) is 0. The molecule has 0 fully saturated rings. The van der Waals surface area contributed by atoms with Crippen LogP contribution in [-0.4, -0.2) is 27.3 Å². The van der Waals surface area contributed by atoms with Gasteiger partial charge in [-0.2, -0.15) is 0 Å². The molecule has 56 valence electrons. The molecular formula is N3NaO6Pb. The Morgan fingerprint density at radius 1 is 0.727 bits per heavy atom.